The monoisotopic (exact) mass is 210 g/mol. The minimum Gasteiger partial charge on any atom is -0.351 e. The van der Waals surface area contributed by atoms with Gasteiger partial charge in [-0.05, 0) is 26.0 Å². The van der Waals surface area contributed by atoms with Gasteiger partial charge in [-0.3, -0.25) is 5.41 Å². The van der Waals surface area contributed by atoms with E-state index in [-0.39, 0.29) is 6.29 Å². The average Bonchev–Trinajstić information content (AvgIpc) is 2.22. The minimum atomic E-state index is -0.267. The van der Waals surface area contributed by atoms with Crippen LogP contribution in [0.15, 0.2) is 24.4 Å². The maximum atomic E-state index is 7.68. The van der Waals surface area contributed by atoms with Gasteiger partial charge in [-0.1, -0.05) is 6.07 Å². The molecule has 0 unspecified atom stereocenters. The van der Waals surface area contributed by atoms with Crippen molar-refractivity contribution in [1.82, 2.24) is 4.57 Å². The first-order chi connectivity index (χ1) is 7.27. The van der Waals surface area contributed by atoms with Gasteiger partial charge in [0, 0.05) is 19.4 Å². The highest BCUT2D eigenvalue weighted by Gasteiger charge is 2.07. The third-order valence-electron chi connectivity index (χ3n) is 1.99. The molecule has 0 aromatic carbocycles. The molecule has 0 saturated heterocycles. The molecule has 0 fully saturated rings. The molecule has 4 nitrogen and oxygen atoms in total. The van der Waals surface area contributed by atoms with Gasteiger partial charge in [0.05, 0.1) is 6.54 Å². The number of pyridine rings is 1. The predicted molar refractivity (Wildman–Crippen MR) is 57.3 cm³/mol. The van der Waals surface area contributed by atoms with Crippen molar-refractivity contribution in [3.8, 4) is 0 Å². The zero-order chi connectivity index (χ0) is 11.1. The summed E-state index contributed by atoms with van der Waals surface area (Å²) in [6.45, 7) is 5.66. The molecule has 0 aliphatic rings. The van der Waals surface area contributed by atoms with Gasteiger partial charge in [-0.25, -0.2) is 0 Å². The van der Waals surface area contributed by atoms with E-state index in [9.17, 15) is 0 Å². The lowest BCUT2D eigenvalue weighted by Gasteiger charge is -2.18. The Kier molecular flexibility index (Phi) is 5.07. The van der Waals surface area contributed by atoms with Crippen LogP contribution < -0.4 is 5.49 Å². The molecule has 1 heterocycles. The Morgan fingerprint density at radius 3 is 2.47 bits per heavy atom. The smallest absolute Gasteiger partial charge is 0.175 e. The van der Waals surface area contributed by atoms with E-state index in [4.69, 9.17) is 14.9 Å². The van der Waals surface area contributed by atoms with Crippen LogP contribution in [0.4, 0.5) is 0 Å². The second kappa shape index (κ2) is 6.37. The maximum absolute atomic E-state index is 7.68. The van der Waals surface area contributed by atoms with Crippen LogP contribution in [0, 0.1) is 5.41 Å². The van der Waals surface area contributed by atoms with E-state index in [1.165, 1.54) is 0 Å². The number of nitrogens with one attached hydrogen (secondary N) is 1. The Bertz CT molecular complexity index is 329. The van der Waals surface area contributed by atoms with Gasteiger partial charge in [0.15, 0.2) is 6.29 Å². The Labute approximate surface area is 90.0 Å². The van der Waals surface area contributed by atoms with Crippen molar-refractivity contribution in [3.63, 3.8) is 0 Å². The third kappa shape index (κ3) is 3.85. The van der Waals surface area contributed by atoms with Crippen LogP contribution in [0.25, 0.3) is 0 Å². The number of ether oxygens (including phenoxy) is 2. The van der Waals surface area contributed by atoms with Crippen LogP contribution in [0.1, 0.15) is 13.8 Å². The van der Waals surface area contributed by atoms with Crippen LogP contribution in [0.3, 0.4) is 0 Å². The van der Waals surface area contributed by atoms with Crippen LogP contribution in [0.2, 0.25) is 0 Å². The van der Waals surface area contributed by atoms with Gasteiger partial charge in [-0.15, -0.1) is 0 Å². The topological polar surface area (TPSA) is 47.2 Å². The van der Waals surface area contributed by atoms with Crippen LogP contribution in [0.5, 0.6) is 0 Å². The number of aromatic nitrogens is 1. The van der Waals surface area contributed by atoms with E-state index in [1.807, 2.05) is 32.2 Å². The van der Waals surface area contributed by atoms with E-state index >= 15 is 0 Å². The molecule has 1 N–H and O–H groups in total. The molecule has 1 aromatic heterocycles. The average molecular weight is 210 g/mol. The summed E-state index contributed by atoms with van der Waals surface area (Å²) in [5.74, 6) is 0. The fourth-order valence-corrected chi connectivity index (χ4v) is 1.32. The van der Waals surface area contributed by atoms with Gasteiger partial charge < -0.3 is 14.0 Å². The van der Waals surface area contributed by atoms with Crippen molar-refractivity contribution in [2.45, 2.75) is 26.7 Å². The van der Waals surface area contributed by atoms with Crippen LogP contribution in [-0.2, 0) is 16.0 Å². The standard InChI is InChI=1S/C11H18N2O2/c1-3-14-11(15-4-2)9-13-8-6-5-7-10(13)12/h5-8,11-12H,3-4,9H2,1-2H3. The lowest BCUT2D eigenvalue weighted by molar-refractivity contribution is -0.144. The second-order valence-electron chi connectivity index (χ2n) is 3.08. The van der Waals surface area contributed by atoms with Crippen LogP contribution >= 0.6 is 0 Å². The highest BCUT2D eigenvalue weighted by Crippen LogP contribution is 1.98. The van der Waals surface area contributed by atoms with Crippen molar-refractivity contribution < 1.29 is 9.47 Å². The molecule has 15 heavy (non-hydrogen) atoms. The molecular weight excluding hydrogens is 192 g/mol. The summed E-state index contributed by atoms with van der Waals surface area (Å²) in [6, 6.07) is 5.48. The van der Waals surface area contributed by atoms with Crippen LogP contribution in [-0.4, -0.2) is 24.1 Å². The summed E-state index contributed by atoms with van der Waals surface area (Å²) in [4.78, 5) is 0. The molecule has 0 amide bonds. The quantitative estimate of drug-likeness (QED) is 0.721. The summed E-state index contributed by atoms with van der Waals surface area (Å²) >= 11 is 0. The van der Waals surface area contributed by atoms with Gasteiger partial charge >= 0.3 is 0 Å². The maximum Gasteiger partial charge on any atom is 0.175 e. The summed E-state index contributed by atoms with van der Waals surface area (Å²) in [6.07, 6.45) is 1.59. The molecular formula is C11H18N2O2. The minimum absolute atomic E-state index is 0.267. The van der Waals surface area contributed by atoms with Crippen molar-refractivity contribution in [3.05, 3.63) is 29.9 Å². The first-order valence-electron chi connectivity index (χ1n) is 5.21. The highest BCUT2D eigenvalue weighted by atomic mass is 16.7. The van der Waals surface area contributed by atoms with Gasteiger partial charge in [-0.2, -0.15) is 0 Å². The predicted octanol–water partition coefficient (Wildman–Crippen LogP) is 1.37. The molecule has 1 aromatic rings. The van der Waals surface area contributed by atoms with E-state index in [1.54, 1.807) is 10.6 Å². The normalized spacial score (nSPS) is 10.9. The first kappa shape index (κ1) is 11.9. The number of rotatable bonds is 6. The molecule has 0 atom stereocenters. The zero-order valence-electron chi connectivity index (χ0n) is 9.27. The number of hydrogen-bond donors (Lipinski definition) is 1. The van der Waals surface area contributed by atoms with E-state index in [0.29, 0.717) is 25.2 Å². The van der Waals surface area contributed by atoms with Crippen molar-refractivity contribution in [2.24, 2.45) is 0 Å². The summed E-state index contributed by atoms with van der Waals surface area (Å²) in [7, 11) is 0. The van der Waals surface area contributed by atoms with Gasteiger partial charge in [0.1, 0.15) is 5.49 Å². The summed E-state index contributed by atoms with van der Waals surface area (Å²) < 4.78 is 12.6. The summed E-state index contributed by atoms with van der Waals surface area (Å²) in [5.41, 5.74) is 0.460. The number of hydrogen-bond acceptors (Lipinski definition) is 3. The Morgan fingerprint density at radius 1 is 1.27 bits per heavy atom. The van der Waals surface area contributed by atoms with Gasteiger partial charge in [0.25, 0.3) is 0 Å². The van der Waals surface area contributed by atoms with Gasteiger partial charge in [0.2, 0.25) is 0 Å². The third-order valence-corrected chi connectivity index (χ3v) is 1.99. The van der Waals surface area contributed by atoms with E-state index in [0.717, 1.165) is 0 Å². The SMILES string of the molecule is CCOC(Cn1ccccc1=N)OCC. The fourth-order valence-electron chi connectivity index (χ4n) is 1.32. The molecule has 0 aliphatic carbocycles. The summed E-state index contributed by atoms with van der Waals surface area (Å²) in [5, 5.41) is 7.68. The highest BCUT2D eigenvalue weighted by molar-refractivity contribution is 4.91. The van der Waals surface area contributed by atoms with E-state index in [2.05, 4.69) is 0 Å². The first-order valence-corrected chi connectivity index (χ1v) is 5.21. The molecule has 0 spiro atoms. The second-order valence-corrected chi connectivity index (χ2v) is 3.08. The molecule has 0 radical (unpaired) electrons. The van der Waals surface area contributed by atoms with Crippen molar-refractivity contribution in [1.29, 1.82) is 5.41 Å². The molecule has 84 valence electrons. The lowest BCUT2D eigenvalue weighted by Crippen LogP contribution is -2.29. The molecule has 1 rings (SSSR count). The molecule has 4 heteroatoms. The number of nitrogens with zero attached hydrogens (tertiary/aromatic N) is 1. The fraction of sp³-hybridized carbons (Fsp3) is 0.545. The Hall–Kier alpha value is -1.13. The van der Waals surface area contributed by atoms with E-state index < -0.39 is 0 Å². The van der Waals surface area contributed by atoms with Crippen molar-refractivity contribution in [2.75, 3.05) is 13.2 Å². The zero-order valence-corrected chi connectivity index (χ0v) is 9.27. The molecule has 0 aliphatic heterocycles. The van der Waals surface area contributed by atoms with Crippen molar-refractivity contribution >= 4 is 0 Å². The largest absolute Gasteiger partial charge is 0.351 e. The Balaban J connectivity index is 2.65. The Morgan fingerprint density at radius 2 is 1.93 bits per heavy atom. The molecule has 0 saturated carbocycles. The lowest BCUT2D eigenvalue weighted by atomic mass is 10.4. The molecule has 0 bridgehead atoms.